The zero-order valence-electron chi connectivity index (χ0n) is 14.3. The van der Waals surface area contributed by atoms with Gasteiger partial charge < -0.3 is 9.64 Å². The summed E-state index contributed by atoms with van der Waals surface area (Å²) in [4.78, 5) is 17.9. The molecule has 0 aliphatic carbocycles. The van der Waals surface area contributed by atoms with E-state index in [1.165, 1.54) is 18.3 Å². The Morgan fingerprint density at radius 3 is 2.68 bits per heavy atom. The highest BCUT2D eigenvalue weighted by molar-refractivity contribution is 7.89. The Kier molecular flexibility index (Phi) is 4.31. The maximum Gasteiger partial charge on any atom is 0.573 e. The average molecular weight is 413 g/mol. The Bertz CT molecular complexity index is 1040. The van der Waals surface area contributed by atoms with E-state index >= 15 is 0 Å². The molecule has 0 spiro atoms. The zero-order chi connectivity index (χ0) is 20.1. The number of halogens is 3. The summed E-state index contributed by atoms with van der Waals surface area (Å²) in [7, 11) is -4.08. The molecule has 1 aromatic heterocycles. The van der Waals surface area contributed by atoms with Crippen LogP contribution in [0.2, 0.25) is 0 Å². The van der Waals surface area contributed by atoms with Crippen LogP contribution in [0.15, 0.2) is 47.5 Å². The number of sulfonamides is 1. The van der Waals surface area contributed by atoms with Crippen molar-refractivity contribution in [1.82, 2.24) is 14.2 Å². The Labute approximate surface area is 158 Å². The fourth-order valence-electron chi connectivity index (χ4n) is 3.45. The van der Waals surface area contributed by atoms with Crippen LogP contribution in [-0.2, 0) is 10.0 Å². The minimum atomic E-state index is -4.92. The summed E-state index contributed by atoms with van der Waals surface area (Å²) in [6.07, 6.45) is -3.39. The highest BCUT2D eigenvalue weighted by Gasteiger charge is 2.44. The van der Waals surface area contributed by atoms with Crippen molar-refractivity contribution in [3.63, 3.8) is 0 Å². The van der Waals surface area contributed by atoms with Gasteiger partial charge in [0.15, 0.2) is 0 Å². The van der Waals surface area contributed by atoms with Crippen LogP contribution >= 0.6 is 0 Å². The molecule has 3 heterocycles. The van der Waals surface area contributed by atoms with Gasteiger partial charge in [0.2, 0.25) is 10.0 Å². The third-order valence-electron chi connectivity index (χ3n) is 4.67. The number of aromatic nitrogens is 1. The first-order valence-electron chi connectivity index (χ1n) is 8.29. The summed E-state index contributed by atoms with van der Waals surface area (Å²) in [6.45, 7) is 0.170. The number of carbonyl (C=O) groups is 1. The highest BCUT2D eigenvalue weighted by Crippen LogP contribution is 2.36. The van der Waals surface area contributed by atoms with Gasteiger partial charge >= 0.3 is 6.36 Å². The Morgan fingerprint density at radius 1 is 1.14 bits per heavy atom. The summed E-state index contributed by atoms with van der Waals surface area (Å²) in [6, 6.07) is 7.00. The molecule has 1 unspecified atom stereocenters. The van der Waals surface area contributed by atoms with Crippen molar-refractivity contribution in [2.24, 2.45) is 0 Å². The molecule has 0 saturated carbocycles. The summed E-state index contributed by atoms with van der Waals surface area (Å²) >= 11 is 0. The van der Waals surface area contributed by atoms with Crippen LogP contribution in [0.4, 0.5) is 13.2 Å². The molecule has 2 aromatic rings. The molecule has 1 atom stereocenters. The van der Waals surface area contributed by atoms with Crippen LogP contribution in [0.5, 0.6) is 5.75 Å². The van der Waals surface area contributed by atoms with Crippen molar-refractivity contribution >= 4 is 15.9 Å². The van der Waals surface area contributed by atoms with E-state index in [1.807, 2.05) is 0 Å². The van der Waals surface area contributed by atoms with Gasteiger partial charge in [0.25, 0.3) is 5.91 Å². The van der Waals surface area contributed by atoms with E-state index in [2.05, 4.69) is 9.72 Å². The minimum absolute atomic E-state index is 0.0254. The third kappa shape index (κ3) is 3.20. The fourth-order valence-corrected chi connectivity index (χ4v) is 4.93. The summed E-state index contributed by atoms with van der Waals surface area (Å²) in [5, 5.41) is 0. The minimum Gasteiger partial charge on any atom is -0.406 e. The fraction of sp³-hybridized carbons (Fsp3) is 0.294. The molecule has 11 heteroatoms. The molecular weight excluding hydrogens is 399 g/mol. The molecule has 148 valence electrons. The maximum absolute atomic E-state index is 13.0. The number of amides is 1. The number of pyridine rings is 1. The molecule has 1 aromatic carbocycles. The number of nitrogens with zero attached hydrogens (tertiary/aromatic N) is 3. The number of fused-ring (bicyclic) bond motifs is 3. The van der Waals surface area contributed by atoms with Crippen LogP contribution in [0, 0.1) is 0 Å². The highest BCUT2D eigenvalue weighted by atomic mass is 32.2. The second-order valence-electron chi connectivity index (χ2n) is 6.34. The van der Waals surface area contributed by atoms with E-state index in [-0.39, 0.29) is 30.4 Å². The topological polar surface area (TPSA) is 79.8 Å². The number of ether oxygens (including phenoxy) is 1. The first kappa shape index (κ1) is 18.7. The van der Waals surface area contributed by atoms with E-state index in [9.17, 15) is 26.4 Å². The average Bonchev–Trinajstić information content (AvgIpc) is 2.93. The Hall–Kier alpha value is -2.66. The van der Waals surface area contributed by atoms with Gasteiger partial charge in [-0.3, -0.25) is 9.78 Å². The smallest absolute Gasteiger partial charge is 0.406 e. The van der Waals surface area contributed by atoms with E-state index < -0.39 is 28.2 Å². The second kappa shape index (κ2) is 6.45. The summed E-state index contributed by atoms with van der Waals surface area (Å²) < 4.78 is 68.1. The molecule has 2 aliphatic rings. The SMILES string of the molecule is O=C1c2cccnc2C2CN(S(=O)(=O)c3cccc(OC(F)(F)F)c3)CCN12. The van der Waals surface area contributed by atoms with Gasteiger partial charge in [-0.25, -0.2) is 8.42 Å². The van der Waals surface area contributed by atoms with Gasteiger partial charge in [-0.1, -0.05) is 6.07 Å². The molecule has 0 bridgehead atoms. The largest absolute Gasteiger partial charge is 0.573 e. The quantitative estimate of drug-likeness (QED) is 0.771. The predicted octanol–water partition coefficient (Wildman–Crippen LogP) is 2.18. The van der Waals surface area contributed by atoms with Crippen molar-refractivity contribution in [1.29, 1.82) is 0 Å². The number of hydrogen-bond donors (Lipinski definition) is 0. The van der Waals surface area contributed by atoms with Gasteiger partial charge in [-0.05, 0) is 24.3 Å². The molecule has 1 saturated heterocycles. The monoisotopic (exact) mass is 413 g/mol. The van der Waals surface area contributed by atoms with Gasteiger partial charge in [-0.15, -0.1) is 13.2 Å². The number of carbonyl (C=O) groups excluding carboxylic acids is 1. The number of benzene rings is 1. The number of piperazine rings is 1. The van der Waals surface area contributed by atoms with Crippen molar-refractivity contribution in [3.8, 4) is 5.75 Å². The van der Waals surface area contributed by atoms with Crippen molar-refractivity contribution < 1.29 is 31.1 Å². The van der Waals surface area contributed by atoms with Crippen LogP contribution in [-0.4, -0.2) is 54.5 Å². The predicted molar refractivity (Wildman–Crippen MR) is 89.9 cm³/mol. The lowest BCUT2D eigenvalue weighted by molar-refractivity contribution is -0.274. The molecule has 0 radical (unpaired) electrons. The lowest BCUT2D eigenvalue weighted by atomic mass is 10.1. The molecule has 0 N–H and O–H groups in total. The number of hydrogen-bond acceptors (Lipinski definition) is 5. The van der Waals surface area contributed by atoms with Crippen molar-refractivity contribution in [2.75, 3.05) is 19.6 Å². The van der Waals surface area contributed by atoms with E-state index in [4.69, 9.17) is 0 Å². The lowest BCUT2D eigenvalue weighted by Crippen LogP contribution is -2.49. The molecule has 1 fully saturated rings. The van der Waals surface area contributed by atoms with Crippen molar-refractivity contribution in [2.45, 2.75) is 17.3 Å². The molecule has 1 amide bonds. The first-order chi connectivity index (χ1) is 13.2. The Balaban J connectivity index is 1.62. The van der Waals surface area contributed by atoms with E-state index in [0.717, 1.165) is 16.4 Å². The van der Waals surface area contributed by atoms with Gasteiger partial charge in [0, 0.05) is 31.9 Å². The van der Waals surface area contributed by atoms with E-state index in [1.54, 1.807) is 17.0 Å². The lowest BCUT2D eigenvalue weighted by Gasteiger charge is -2.36. The maximum atomic E-state index is 13.0. The normalized spacial score (nSPS) is 20.0. The second-order valence-corrected chi connectivity index (χ2v) is 8.27. The first-order valence-corrected chi connectivity index (χ1v) is 9.73. The van der Waals surface area contributed by atoms with Crippen LogP contribution < -0.4 is 4.74 Å². The van der Waals surface area contributed by atoms with Crippen molar-refractivity contribution in [3.05, 3.63) is 53.9 Å². The van der Waals surface area contributed by atoms with E-state index in [0.29, 0.717) is 11.3 Å². The standard InChI is InChI=1S/C17H14F3N3O4S/c18-17(19,20)27-11-3-1-4-12(9-11)28(25,26)22-7-8-23-14(10-22)15-13(16(23)24)5-2-6-21-15/h1-6,9,14H,7-8,10H2. The van der Waals surface area contributed by atoms with Crippen LogP contribution in [0.25, 0.3) is 0 Å². The molecule has 4 rings (SSSR count). The van der Waals surface area contributed by atoms with Gasteiger partial charge in [0.05, 0.1) is 22.2 Å². The summed E-state index contributed by atoms with van der Waals surface area (Å²) in [5.41, 5.74) is 0.939. The van der Waals surface area contributed by atoms with Gasteiger partial charge in [-0.2, -0.15) is 4.31 Å². The zero-order valence-corrected chi connectivity index (χ0v) is 15.1. The summed E-state index contributed by atoms with van der Waals surface area (Å²) in [5.74, 6) is -0.819. The Morgan fingerprint density at radius 2 is 1.93 bits per heavy atom. The number of rotatable bonds is 3. The van der Waals surface area contributed by atoms with Gasteiger partial charge in [0.1, 0.15) is 5.75 Å². The van der Waals surface area contributed by atoms with Crippen LogP contribution in [0.3, 0.4) is 0 Å². The number of alkyl halides is 3. The van der Waals surface area contributed by atoms with Crippen LogP contribution in [0.1, 0.15) is 22.1 Å². The molecule has 7 nitrogen and oxygen atoms in total. The molecule has 28 heavy (non-hydrogen) atoms. The molecule has 2 aliphatic heterocycles. The third-order valence-corrected chi connectivity index (χ3v) is 6.53. The molecular formula is C17H14F3N3O4S.